The molecule has 22 heavy (non-hydrogen) atoms. The first kappa shape index (κ1) is 14.3. The number of ketones is 1. The minimum Gasteiger partial charge on any atom is -0.506 e. The summed E-state index contributed by atoms with van der Waals surface area (Å²) in [5, 5.41) is 10.3. The van der Waals surface area contributed by atoms with E-state index in [1.54, 1.807) is 6.07 Å². The quantitative estimate of drug-likeness (QED) is 0.843. The Balaban J connectivity index is 1.95. The number of carbonyl (C=O) groups excluding carboxylic acids is 1. The molecule has 1 N–H and O–H groups in total. The molecule has 110 valence electrons. The Kier molecular flexibility index (Phi) is 3.88. The van der Waals surface area contributed by atoms with Crippen molar-refractivity contribution < 1.29 is 9.90 Å². The van der Waals surface area contributed by atoms with Crippen LogP contribution in [0.5, 0.6) is 0 Å². The van der Waals surface area contributed by atoms with Crippen molar-refractivity contribution in [3.8, 4) is 0 Å². The van der Waals surface area contributed by atoms with Crippen molar-refractivity contribution in [1.82, 2.24) is 0 Å². The molecule has 3 rings (SSSR count). The summed E-state index contributed by atoms with van der Waals surface area (Å²) in [6, 6.07) is 15.0. The molecule has 0 unspecified atom stereocenters. The molecule has 0 amide bonds. The van der Waals surface area contributed by atoms with Gasteiger partial charge in [-0.15, -0.1) is 0 Å². The third kappa shape index (κ3) is 2.58. The lowest BCUT2D eigenvalue weighted by Crippen LogP contribution is -2.00. The molecule has 0 bridgehead atoms. The van der Waals surface area contributed by atoms with Gasteiger partial charge in [-0.05, 0) is 30.2 Å². The third-order valence-electron chi connectivity index (χ3n) is 3.72. The molecule has 0 atom stereocenters. The number of carbonyl (C=O) groups is 1. The normalized spacial score (nSPS) is 14.0. The number of para-hydroxylation sites is 1. The predicted octanol–water partition coefficient (Wildman–Crippen LogP) is 4.51. The van der Waals surface area contributed by atoms with Crippen molar-refractivity contribution in [2.75, 3.05) is 0 Å². The summed E-state index contributed by atoms with van der Waals surface area (Å²) in [4.78, 5) is 16.7. The van der Waals surface area contributed by atoms with Gasteiger partial charge in [-0.1, -0.05) is 43.7 Å². The molecule has 1 aliphatic carbocycles. The van der Waals surface area contributed by atoms with Crippen LogP contribution in [-0.4, -0.2) is 17.1 Å². The van der Waals surface area contributed by atoms with E-state index in [-0.39, 0.29) is 17.1 Å². The fourth-order valence-corrected chi connectivity index (χ4v) is 2.60. The number of aliphatic hydroxyl groups excluding tert-OH is 1. The second-order valence-corrected chi connectivity index (χ2v) is 5.32. The summed E-state index contributed by atoms with van der Waals surface area (Å²) in [6.07, 6.45) is 3.41. The van der Waals surface area contributed by atoms with E-state index in [9.17, 15) is 9.90 Å². The molecule has 0 spiro atoms. The van der Waals surface area contributed by atoms with Gasteiger partial charge in [0.05, 0.1) is 11.3 Å². The lowest BCUT2D eigenvalue weighted by molar-refractivity contribution is 0.104. The van der Waals surface area contributed by atoms with E-state index in [1.165, 1.54) is 6.21 Å². The number of fused-ring (bicyclic) bond motifs is 1. The van der Waals surface area contributed by atoms with E-state index < -0.39 is 0 Å². The van der Waals surface area contributed by atoms with Crippen molar-refractivity contribution >= 4 is 23.4 Å². The SMILES string of the molecule is CCCc1ccc2c(c1)C(O)=C(C=Nc1ccccc1)C2=O. The van der Waals surface area contributed by atoms with Gasteiger partial charge in [0.15, 0.2) is 5.78 Å². The highest BCUT2D eigenvalue weighted by atomic mass is 16.3. The minimum atomic E-state index is -0.171. The Labute approximate surface area is 129 Å². The van der Waals surface area contributed by atoms with Gasteiger partial charge < -0.3 is 5.11 Å². The molecular weight excluding hydrogens is 274 g/mol. The molecule has 0 heterocycles. The van der Waals surface area contributed by atoms with Crippen LogP contribution in [0.3, 0.4) is 0 Å². The number of allylic oxidation sites excluding steroid dienone is 1. The number of benzene rings is 2. The number of aryl methyl sites for hydroxylation is 1. The average Bonchev–Trinajstić information content (AvgIpc) is 2.78. The van der Waals surface area contributed by atoms with Crippen LogP contribution in [0.15, 0.2) is 59.1 Å². The second-order valence-electron chi connectivity index (χ2n) is 5.32. The summed E-state index contributed by atoms with van der Waals surface area (Å²) in [6.45, 7) is 2.10. The number of nitrogens with zero attached hydrogens (tertiary/aromatic N) is 1. The van der Waals surface area contributed by atoms with Crippen LogP contribution in [-0.2, 0) is 6.42 Å². The zero-order chi connectivity index (χ0) is 15.5. The Bertz CT molecular complexity index is 773. The van der Waals surface area contributed by atoms with E-state index >= 15 is 0 Å². The van der Waals surface area contributed by atoms with Gasteiger partial charge in [0.25, 0.3) is 0 Å². The average molecular weight is 291 g/mol. The molecule has 0 aliphatic heterocycles. The van der Waals surface area contributed by atoms with Crippen LogP contribution in [0.25, 0.3) is 5.76 Å². The molecule has 0 saturated carbocycles. The summed E-state index contributed by atoms with van der Waals surface area (Å²) in [5.41, 5.74) is 3.30. The van der Waals surface area contributed by atoms with Gasteiger partial charge in [0, 0.05) is 17.3 Å². The smallest absolute Gasteiger partial charge is 0.199 e. The molecule has 0 fully saturated rings. The predicted molar refractivity (Wildman–Crippen MR) is 88.9 cm³/mol. The zero-order valence-corrected chi connectivity index (χ0v) is 12.4. The lowest BCUT2D eigenvalue weighted by atomic mass is 10.0. The Morgan fingerprint density at radius 1 is 1.09 bits per heavy atom. The van der Waals surface area contributed by atoms with Crippen molar-refractivity contribution in [3.63, 3.8) is 0 Å². The molecule has 0 saturated heterocycles. The summed E-state index contributed by atoms with van der Waals surface area (Å²) < 4.78 is 0. The number of Topliss-reactive ketones (excluding diaryl/α,β-unsaturated/α-hetero) is 1. The maximum Gasteiger partial charge on any atom is 0.199 e. The monoisotopic (exact) mass is 291 g/mol. The number of hydrogen-bond donors (Lipinski definition) is 1. The van der Waals surface area contributed by atoms with Gasteiger partial charge in [0.1, 0.15) is 5.76 Å². The summed E-state index contributed by atoms with van der Waals surface area (Å²) in [5.74, 6) is -0.145. The van der Waals surface area contributed by atoms with E-state index in [0.29, 0.717) is 11.1 Å². The van der Waals surface area contributed by atoms with E-state index in [2.05, 4.69) is 11.9 Å². The Morgan fingerprint density at radius 2 is 1.86 bits per heavy atom. The fourth-order valence-electron chi connectivity index (χ4n) is 2.60. The standard InChI is InChI=1S/C19H17NO2/c1-2-6-13-9-10-15-16(11-13)19(22)17(18(15)21)12-20-14-7-4-3-5-8-14/h3-5,7-12,22H,2,6H2,1H3. The molecule has 3 heteroatoms. The summed E-state index contributed by atoms with van der Waals surface area (Å²) >= 11 is 0. The number of aliphatic imine (C=N–C) groups is 1. The molecule has 0 radical (unpaired) electrons. The van der Waals surface area contributed by atoms with Crippen molar-refractivity contribution in [3.05, 3.63) is 70.8 Å². The molecule has 3 nitrogen and oxygen atoms in total. The van der Waals surface area contributed by atoms with Crippen molar-refractivity contribution in [2.24, 2.45) is 4.99 Å². The zero-order valence-electron chi connectivity index (χ0n) is 12.4. The van der Waals surface area contributed by atoms with Crippen LogP contribution in [0.4, 0.5) is 5.69 Å². The molecule has 2 aromatic rings. The third-order valence-corrected chi connectivity index (χ3v) is 3.72. The number of hydrogen-bond acceptors (Lipinski definition) is 3. The van der Waals surface area contributed by atoms with Crippen LogP contribution < -0.4 is 0 Å². The summed E-state index contributed by atoms with van der Waals surface area (Å²) in [7, 11) is 0. The van der Waals surface area contributed by atoms with Gasteiger partial charge >= 0.3 is 0 Å². The van der Waals surface area contributed by atoms with Gasteiger partial charge in [-0.2, -0.15) is 0 Å². The van der Waals surface area contributed by atoms with Crippen LogP contribution in [0.2, 0.25) is 0 Å². The van der Waals surface area contributed by atoms with Gasteiger partial charge in [0.2, 0.25) is 0 Å². The molecule has 0 aromatic heterocycles. The molecule has 2 aromatic carbocycles. The first-order chi connectivity index (χ1) is 10.7. The Morgan fingerprint density at radius 3 is 2.59 bits per heavy atom. The van der Waals surface area contributed by atoms with Gasteiger partial charge in [-0.25, -0.2) is 0 Å². The maximum absolute atomic E-state index is 12.4. The van der Waals surface area contributed by atoms with Crippen LogP contribution in [0.1, 0.15) is 34.8 Å². The van der Waals surface area contributed by atoms with Gasteiger partial charge in [-0.3, -0.25) is 9.79 Å². The van der Waals surface area contributed by atoms with Crippen molar-refractivity contribution in [1.29, 1.82) is 0 Å². The first-order valence-corrected chi connectivity index (χ1v) is 7.41. The Hall–Kier alpha value is -2.68. The topological polar surface area (TPSA) is 49.7 Å². The highest BCUT2D eigenvalue weighted by Crippen LogP contribution is 2.31. The highest BCUT2D eigenvalue weighted by molar-refractivity contribution is 6.30. The second kappa shape index (κ2) is 5.98. The molecular formula is C19H17NO2. The lowest BCUT2D eigenvalue weighted by Gasteiger charge is -2.03. The minimum absolute atomic E-state index is 0.0256. The van der Waals surface area contributed by atoms with Crippen LogP contribution in [0, 0.1) is 0 Å². The van der Waals surface area contributed by atoms with Crippen LogP contribution >= 0.6 is 0 Å². The van der Waals surface area contributed by atoms with Crippen molar-refractivity contribution in [2.45, 2.75) is 19.8 Å². The van der Waals surface area contributed by atoms with E-state index in [4.69, 9.17) is 0 Å². The first-order valence-electron chi connectivity index (χ1n) is 7.41. The largest absolute Gasteiger partial charge is 0.506 e. The number of aliphatic hydroxyl groups is 1. The maximum atomic E-state index is 12.4. The van der Waals surface area contributed by atoms with E-state index in [0.717, 1.165) is 24.1 Å². The number of rotatable bonds is 4. The fraction of sp³-hybridized carbons (Fsp3) is 0.158. The molecule has 1 aliphatic rings. The highest BCUT2D eigenvalue weighted by Gasteiger charge is 2.28. The van der Waals surface area contributed by atoms with E-state index in [1.807, 2.05) is 42.5 Å².